The Labute approximate surface area is 163 Å². The van der Waals surface area contributed by atoms with E-state index >= 15 is 0 Å². The van der Waals surface area contributed by atoms with Gasteiger partial charge >= 0.3 is 6.18 Å². The largest absolute Gasteiger partial charge is 0.416 e. The van der Waals surface area contributed by atoms with Crippen LogP contribution in [0.4, 0.5) is 13.2 Å². The quantitative estimate of drug-likeness (QED) is 0.619. The molecule has 2 aliphatic heterocycles. The second kappa shape index (κ2) is 8.77. The second-order valence-corrected chi connectivity index (χ2v) is 7.20. The van der Waals surface area contributed by atoms with Gasteiger partial charge in [-0.2, -0.15) is 13.2 Å². The third kappa shape index (κ3) is 4.74. The lowest BCUT2D eigenvalue weighted by atomic mass is 9.87. The van der Waals surface area contributed by atoms with Crippen molar-refractivity contribution < 1.29 is 18.0 Å². The van der Waals surface area contributed by atoms with Gasteiger partial charge < -0.3 is 10.6 Å². The number of hydrazine groups is 1. The standard InChI is InChI=1S/C18H25F3N4O.ClH/c1-10(12-5-3-4-6-14(12)18(19,20)21)11(2)23-17(26)16-13-9-22-8-7-15(13)24-25-16;/h3-6,10-11,13,15-16,22,24-25H,7-9H2,1-2H3,(H,23,26);1H. The summed E-state index contributed by atoms with van der Waals surface area (Å²) in [6.07, 6.45) is -3.47. The number of fused-ring (bicyclic) bond motifs is 1. The van der Waals surface area contributed by atoms with Crippen molar-refractivity contribution in [3.63, 3.8) is 0 Å². The van der Waals surface area contributed by atoms with E-state index in [2.05, 4.69) is 21.5 Å². The first kappa shape index (κ1) is 21.9. The van der Waals surface area contributed by atoms with Crippen LogP contribution in [0.25, 0.3) is 0 Å². The first-order chi connectivity index (χ1) is 12.3. The normalized spacial score (nSPS) is 27.2. The fourth-order valence-electron chi connectivity index (χ4n) is 3.84. The molecule has 5 unspecified atom stereocenters. The van der Waals surface area contributed by atoms with Crippen molar-refractivity contribution in [2.45, 2.75) is 50.5 Å². The van der Waals surface area contributed by atoms with E-state index in [1.54, 1.807) is 19.9 Å². The zero-order chi connectivity index (χ0) is 18.9. The number of hydrogen-bond acceptors (Lipinski definition) is 4. The maximum atomic E-state index is 13.3. The fraction of sp³-hybridized carbons (Fsp3) is 0.611. The van der Waals surface area contributed by atoms with Crippen LogP contribution in [0.1, 0.15) is 37.3 Å². The molecular formula is C18H26ClF3N4O. The second-order valence-electron chi connectivity index (χ2n) is 7.20. The average Bonchev–Trinajstić information content (AvgIpc) is 3.04. The monoisotopic (exact) mass is 406 g/mol. The van der Waals surface area contributed by atoms with Gasteiger partial charge in [0.25, 0.3) is 0 Å². The van der Waals surface area contributed by atoms with Gasteiger partial charge in [-0.15, -0.1) is 12.4 Å². The van der Waals surface area contributed by atoms with Crippen molar-refractivity contribution in [3.05, 3.63) is 35.4 Å². The molecule has 2 aliphatic rings. The average molecular weight is 407 g/mol. The molecule has 5 atom stereocenters. The van der Waals surface area contributed by atoms with Gasteiger partial charge in [0, 0.05) is 30.5 Å². The van der Waals surface area contributed by atoms with Gasteiger partial charge in [-0.25, -0.2) is 5.43 Å². The fourth-order valence-corrected chi connectivity index (χ4v) is 3.84. The molecule has 0 aliphatic carbocycles. The molecule has 9 heteroatoms. The van der Waals surface area contributed by atoms with Crippen LogP contribution in [0.15, 0.2) is 24.3 Å². The van der Waals surface area contributed by atoms with Crippen LogP contribution in [-0.4, -0.2) is 37.1 Å². The predicted octanol–water partition coefficient (Wildman–Crippen LogP) is 2.19. The van der Waals surface area contributed by atoms with Crippen molar-refractivity contribution in [3.8, 4) is 0 Å². The molecular weight excluding hydrogens is 381 g/mol. The lowest BCUT2D eigenvalue weighted by Gasteiger charge is -2.29. The molecule has 0 bridgehead atoms. The first-order valence-corrected chi connectivity index (χ1v) is 8.97. The highest BCUT2D eigenvalue weighted by molar-refractivity contribution is 5.85. The molecule has 2 fully saturated rings. The van der Waals surface area contributed by atoms with Gasteiger partial charge in [0.15, 0.2) is 0 Å². The van der Waals surface area contributed by atoms with Crippen LogP contribution >= 0.6 is 12.4 Å². The summed E-state index contributed by atoms with van der Waals surface area (Å²) in [4.78, 5) is 12.7. The van der Waals surface area contributed by atoms with Gasteiger partial charge in [0.2, 0.25) is 5.91 Å². The van der Waals surface area contributed by atoms with Crippen LogP contribution < -0.4 is 21.5 Å². The lowest BCUT2D eigenvalue weighted by Crippen LogP contribution is -2.51. The minimum Gasteiger partial charge on any atom is -0.352 e. The van der Waals surface area contributed by atoms with Crippen molar-refractivity contribution in [2.24, 2.45) is 5.92 Å². The van der Waals surface area contributed by atoms with Crippen molar-refractivity contribution >= 4 is 18.3 Å². The van der Waals surface area contributed by atoms with Gasteiger partial charge in [0.1, 0.15) is 6.04 Å². The van der Waals surface area contributed by atoms with E-state index < -0.39 is 23.7 Å². The zero-order valence-corrected chi connectivity index (χ0v) is 16.1. The molecule has 0 aromatic heterocycles. The van der Waals surface area contributed by atoms with Gasteiger partial charge in [0.05, 0.1) is 5.56 Å². The SMILES string of the molecule is CC(NC(=O)C1NNC2CCNCC21)C(C)c1ccccc1C(F)(F)F.Cl. The smallest absolute Gasteiger partial charge is 0.352 e. The van der Waals surface area contributed by atoms with Crippen molar-refractivity contribution in [2.75, 3.05) is 13.1 Å². The molecule has 1 aromatic carbocycles. The third-order valence-corrected chi connectivity index (χ3v) is 5.54. The highest BCUT2D eigenvalue weighted by Gasteiger charge is 2.42. The summed E-state index contributed by atoms with van der Waals surface area (Å²) in [5.74, 6) is -0.516. The van der Waals surface area contributed by atoms with Crippen LogP contribution in [-0.2, 0) is 11.0 Å². The third-order valence-electron chi connectivity index (χ3n) is 5.54. The number of piperidine rings is 1. The highest BCUT2D eigenvalue weighted by atomic mass is 35.5. The molecule has 0 saturated carbocycles. The van der Waals surface area contributed by atoms with E-state index in [4.69, 9.17) is 0 Å². The number of amides is 1. The van der Waals surface area contributed by atoms with E-state index in [9.17, 15) is 18.0 Å². The Morgan fingerprint density at radius 1 is 1.22 bits per heavy atom. The summed E-state index contributed by atoms with van der Waals surface area (Å²) in [6.45, 7) is 5.10. The minimum absolute atomic E-state index is 0. The van der Waals surface area contributed by atoms with E-state index in [0.29, 0.717) is 0 Å². The number of halogens is 4. The molecule has 1 aromatic rings. The molecule has 2 saturated heterocycles. The van der Waals surface area contributed by atoms with Crippen molar-refractivity contribution in [1.29, 1.82) is 0 Å². The zero-order valence-electron chi connectivity index (χ0n) is 15.3. The Morgan fingerprint density at radius 3 is 2.63 bits per heavy atom. The molecule has 3 rings (SSSR count). The summed E-state index contributed by atoms with van der Waals surface area (Å²) >= 11 is 0. The van der Waals surface area contributed by atoms with Crippen LogP contribution in [0.5, 0.6) is 0 Å². The topological polar surface area (TPSA) is 65.2 Å². The molecule has 152 valence electrons. The van der Waals surface area contributed by atoms with Crippen LogP contribution in [0.3, 0.4) is 0 Å². The Kier molecular flexibility index (Phi) is 7.13. The number of carbonyl (C=O) groups excluding carboxylic acids is 1. The summed E-state index contributed by atoms with van der Waals surface area (Å²) < 4.78 is 39.8. The Bertz CT molecular complexity index is 658. The Balaban J connectivity index is 0.00000261. The maximum Gasteiger partial charge on any atom is 0.416 e. The first-order valence-electron chi connectivity index (χ1n) is 8.97. The highest BCUT2D eigenvalue weighted by Crippen LogP contribution is 2.36. The van der Waals surface area contributed by atoms with E-state index in [-0.39, 0.29) is 41.9 Å². The number of nitrogens with one attached hydrogen (secondary N) is 4. The summed E-state index contributed by atoms with van der Waals surface area (Å²) in [5.41, 5.74) is 5.74. The maximum absolute atomic E-state index is 13.3. The van der Waals surface area contributed by atoms with Crippen molar-refractivity contribution in [1.82, 2.24) is 21.5 Å². The number of benzene rings is 1. The molecule has 1 amide bonds. The number of rotatable bonds is 4. The summed E-state index contributed by atoms with van der Waals surface area (Å²) in [7, 11) is 0. The van der Waals surface area contributed by atoms with Gasteiger partial charge in [-0.1, -0.05) is 25.1 Å². The lowest BCUT2D eigenvalue weighted by molar-refractivity contribution is -0.138. The van der Waals surface area contributed by atoms with Gasteiger partial charge in [-0.3, -0.25) is 10.2 Å². The Morgan fingerprint density at radius 2 is 1.93 bits per heavy atom. The molecule has 5 nitrogen and oxygen atoms in total. The van der Waals surface area contributed by atoms with Crippen LogP contribution in [0.2, 0.25) is 0 Å². The molecule has 0 radical (unpaired) electrons. The number of alkyl halides is 3. The predicted molar refractivity (Wildman–Crippen MR) is 99.5 cm³/mol. The molecule has 2 heterocycles. The number of carbonyl (C=O) groups is 1. The van der Waals surface area contributed by atoms with E-state index in [1.165, 1.54) is 12.1 Å². The summed E-state index contributed by atoms with van der Waals surface area (Å²) in [6, 6.07) is 4.96. The van der Waals surface area contributed by atoms with E-state index in [0.717, 1.165) is 25.6 Å². The van der Waals surface area contributed by atoms with Crippen LogP contribution in [0, 0.1) is 5.92 Å². The van der Waals surface area contributed by atoms with E-state index in [1.807, 2.05) is 0 Å². The summed E-state index contributed by atoms with van der Waals surface area (Å²) in [5, 5.41) is 6.18. The number of hydrogen-bond donors (Lipinski definition) is 4. The van der Waals surface area contributed by atoms with Gasteiger partial charge in [-0.05, 0) is 31.5 Å². The molecule has 4 N–H and O–H groups in total. The molecule has 0 spiro atoms. The minimum atomic E-state index is -4.41. The Hall–Kier alpha value is -1.35. The molecule has 27 heavy (non-hydrogen) atoms.